The van der Waals surface area contributed by atoms with Crippen molar-refractivity contribution in [3.05, 3.63) is 30.2 Å². The summed E-state index contributed by atoms with van der Waals surface area (Å²) in [5.41, 5.74) is 0.241. The van der Waals surface area contributed by atoms with Crippen molar-refractivity contribution in [1.29, 1.82) is 0 Å². The molecule has 0 aliphatic carbocycles. The van der Waals surface area contributed by atoms with Gasteiger partial charge in [-0.05, 0) is 6.07 Å². The molecule has 1 aromatic heterocycles. The van der Waals surface area contributed by atoms with E-state index in [0.29, 0.717) is 0 Å². The molecule has 0 saturated heterocycles. The van der Waals surface area contributed by atoms with Crippen molar-refractivity contribution < 1.29 is 18.0 Å². The lowest BCUT2D eigenvalue weighted by Crippen LogP contribution is -1.93. The summed E-state index contributed by atoms with van der Waals surface area (Å²) in [5, 5.41) is 3.51. The second-order valence-corrected chi connectivity index (χ2v) is 2.72. The number of rotatable bonds is 2. The van der Waals surface area contributed by atoms with E-state index in [-0.39, 0.29) is 17.1 Å². The van der Waals surface area contributed by atoms with Crippen LogP contribution in [0.3, 0.4) is 0 Å². The molecular weight excluding hydrogens is 206 g/mol. The van der Waals surface area contributed by atoms with Gasteiger partial charge in [-0.1, -0.05) is 5.16 Å². The first-order chi connectivity index (χ1) is 7.22. The topological polar surface area (TPSA) is 48.2 Å². The quantitative estimate of drug-likeness (QED) is 0.764. The van der Waals surface area contributed by atoms with E-state index >= 15 is 0 Å². The summed E-state index contributed by atoms with van der Waals surface area (Å²) in [6.45, 7) is 0. The molecule has 0 fully saturated rings. The zero-order chi connectivity index (χ0) is 10.8. The Balaban J connectivity index is 2.60. The molecule has 0 unspecified atom stereocenters. The number of nitrogens with zero attached hydrogens (tertiary/aromatic N) is 2. The largest absolute Gasteiger partial charge is 0.496 e. The van der Waals surface area contributed by atoms with Gasteiger partial charge in [0.15, 0.2) is 11.6 Å². The molecule has 0 N–H and O–H groups in total. The first kappa shape index (κ1) is 9.57. The van der Waals surface area contributed by atoms with Crippen LogP contribution in [0.15, 0.2) is 23.0 Å². The van der Waals surface area contributed by atoms with Crippen molar-refractivity contribution in [3.8, 4) is 17.1 Å². The predicted molar refractivity (Wildman–Crippen MR) is 46.2 cm³/mol. The van der Waals surface area contributed by atoms with Crippen LogP contribution in [0.1, 0.15) is 0 Å². The van der Waals surface area contributed by atoms with Gasteiger partial charge in [-0.15, -0.1) is 0 Å². The van der Waals surface area contributed by atoms with E-state index in [9.17, 15) is 8.78 Å². The maximum Gasteiger partial charge on any atom is 0.214 e. The Morgan fingerprint density at radius 3 is 2.60 bits per heavy atom. The van der Waals surface area contributed by atoms with Crippen LogP contribution in [0.5, 0.6) is 5.75 Å². The van der Waals surface area contributed by atoms with Crippen molar-refractivity contribution in [2.75, 3.05) is 7.11 Å². The van der Waals surface area contributed by atoms with Gasteiger partial charge >= 0.3 is 0 Å². The van der Waals surface area contributed by atoms with Crippen molar-refractivity contribution in [2.45, 2.75) is 0 Å². The Hall–Kier alpha value is -1.98. The van der Waals surface area contributed by atoms with Crippen LogP contribution in [0.2, 0.25) is 0 Å². The molecule has 0 amide bonds. The van der Waals surface area contributed by atoms with Crippen molar-refractivity contribution >= 4 is 0 Å². The Morgan fingerprint density at radius 2 is 2.00 bits per heavy atom. The van der Waals surface area contributed by atoms with E-state index in [2.05, 4.69) is 14.7 Å². The second-order valence-electron chi connectivity index (χ2n) is 2.72. The normalized spacial score (nSPS) is 10.3. The number of hydrogen-bond donors (Lipinski definition) is 0. The first-order valence-corrected chi connectivity index (χ1v) is 4.02. The smallest absolute Gasteiger partial charge is 0.214 e. The van der Waals surface area contributed by atoms with Crippen LogP contribution in [0.25, 0.3) is 11.4 Å². The van der Waals surface area contributed by atoms with Gasteiger partial charge in [0.25, 0.3) is 0 Å². The highest BCUT2D eigenvalue weighted by Gasteiger charge is 2.14. The van der Waals surface area contributed by atoms with E-state index in [4.69, 9.17) is 4.74 Å². The van der Waals surface area contributed by atoms with Crippen LogP contribution in [-0.2, 0) is 0 Å². The summed E-state index contributed by atoms with van der Waals surface area (Å²) in [6.07, 6.45) is 1.09. The third-order valence-corrected chi connectivity index (χ3v) is 1.84. The number of hydrogen-bond acceptors (Lipinski definition) is 4. The highest BCUT2D eigenvalue weighted by atomic mass is 19.2. The fourth-order valence-corrected chi connectivity index (χ4v) is 1.16. The molecule has 0 saturated carbocycles. The van der Waals surface area contributed by atoms with Gasteiger partial charge in [-0.25, -0.2) is 8.78 Å². The van der Waals surface area contributed by atoms with E-state index in [1.807, 2.05) is 0 Å². The molecule has 1 heterocycles. The fourth-order valence-electron chi connectivity index (χ4n) is 1.16. The zero-order valence-electron chi connectivity index (χ0n) is 7.70. The first-order valence-electron chi connectivity index (χ1n) is 4.02. The molecule has 1 aromatic carbocycles. The Morgan fingerprint density at radius 1 is 1.27 bits per heavy atom. The molecule has 2 aromatic rings. The van der Waals surface area contributed by atoms with Crippen LogP contribution >= 0.6 is 0 Å². The summed E-state index contributed by atoms with van der Waals surface area (Å²) in [4.78, 5) is 3.72. The van der Waals surface area contributed by atoms with E-state index in [0.717, 1.165) is 18.5 Å². The Labute approximate surface area is 83.5 Å². The molecular formula is C9H6F2N2O2. The minimum atomic E-state index is -0.990. The standard InChI is InChI=1S/C9H6F2N2O2/c1-14-8-3-7(11)6(10)2-5(8)9-12-4-15-13-9/h2-4H,1H3. The monoisotopic (exact) mass is 212 g/mol. The van der Waals surface area contributed by atoms with E-state index in [1.54, 1.807) is 0 Å². The molecule has 0 spiro atoms. The third kappa shape index (κ3) is 1.65. The number of halogens is 2. The third-order valence-electron chi connectivity index (χ3n) is 1.84. The Kier molecular flexibility index (Phi) is 2.32. The van der Waals surface area contributed by atoms with Crippen LogP contribution < -0.4 is 4.74 Å². The molecule has 2 rings (SSSR count). The number of methoxy groups -OCH3 is 1. The molecule has 0 radical (unpaired) electrons. The summed E-state index contributed by atoms with van der Waals surface area (Å²) in [5.74, 6) is -1.68. The van der Waals surface area contributed by atoms with Gasteiger partial charge in [-0.3, -0.25) is 0 Å². The van der Waals surface area contributed by atoms with Gasteiger partial charge in [0.2, 0.25) is 12.2 Å². The minimum absolute atomic E-state index is 0.144. The van der Waals surface area contributed by atoms with Crippen molar-refractivity contribution in [1.82, 2.24) is 10.1 Å². The molecule has 6 heteroatoms. The van der Waals surface area contributed by atoms with Crippen molar-refractivity contribution in [2.24, 2.45) is 0 Å². The van der Waals surface area contributed by atoms with Crippen LogP contribution in [0, 0.1) is 11.6 Å². The number of benzene rings is 1. The van der Waals surface area contributed by atoms with Gasteiger partial charge in [-0.2, -0.15) is 4.98 Å². The zero-order valence-corrected chi connectivity index (χ0v) is 7.70. The molecule has 0 aliphatic rings. The van der Waals surface area contributed by atoms with Gasteiger partial charge in [0.05, 0.1) is 12.7 Å². The summed E-state index contributed by atoms with van der Waals surface area (Å²) < 4.78 is 35.2. The highest BCUT2D eigenvalue weighted by molar-refractivity contribution is 5.63. The van der Waals surface area contributed by atoms with E-state index < -0.39 is 11.6 Å². The van der Waals surface area contributed by atoms with Gasteiger partial charge in [0.1, 0.15) is 5.75 Å². The minimum Gasteiger partial charge on any atom is -0.496 e. The predicted octanol–water partition coefficient (Wildman–Crippen LogP) is 2.02. The summed E-state index contributed by atoms with van der Waals surface area (Å²) in [6, 6.07) is 1.89. The maximum atomic E-state index is 13.0. The molecule has 0 aliphatic heterocycles. The van der Waals surface area contributed by atoms with Crippen LogP contribution in [0.4, 0.5) is 8.78 Å². The van der Waals surface area contributed by atoms with Gasteiger partial charge in [0, 0.05) is 6.07 Å². The molecule has 78 valence electrons. The molecule has 0 atom stereocenters. The summed E-state index contributed by atoms with van der Waals surface area (Å²) in [7, 11) is 1.34. The van der Waals surface area contributed by atoms with Crippen LogP contribution in [-0.4, -0.2) is 17.3 Å². The lowest BCUT2D eigenvalue weighted by molar-refractivity contribution is 0.404. The SMILES string of the molecule is COc1cc(F)c(F)cc1-c1ncon1. The maximum absolute atomic E-state index is 13.0. The fraction of sp³-hybridized carbons (Fsp3) is 0.111. The van der Waals surface area contributed by atoms with Gasteiger partial charge < -0.3 is 9.26 Å². The molecule has 4 nitrogen and oxygen atoms in total. The summed E-state index contributed by atoms with van der Waals surface area (Å²) >= 11 is 0. The second kappa shape index (κ2) is 3.64. The number of ether oxygens (including phenoxy) is 1. The average Bonchev–Trinajstić information content (AvgIpc) is 2.74. The lowest BCUT2D eigenvalue weighted by Gasteiger charge is -2.05. The average molecular weight is 212 g/mol. The molecule has 15 heavy (non-hydrogen) atoms. The van der Waals surface area contributed by atoms with E-state index in [1.165, 1.54) is 7.11 Å². The Bertz CT molecular complexity index is 471. The lowest BCUT2D eigenvalue weighted by atomic mass is 10.2. The molecule has 0 bridgehead atoms. The van der Waals surface area contributed by atoms with Crippen molar-refractivity contribution in [3.63, 3.8) is 0 Å². The number of aromatic nitrogens is 2. The highest BCUT2D eigenvalue weighted by Crippen LogP contribution is 2.29.